The van der Waals surface area contributed by atoms with Gasteiger partial charge < -0.3 is 10.2 Å². The van der Waals surface area contributed by atoms with Crippen LogP contribution in [-0.2, 0) is 9.59 Å². The number of amides is 2. The van der Waals surface area contributed by atoms with E-state index in [-0.39, 0.29) is 23.1 Å². The number of hydrogen-bond acceptors (Lipinski definition) is 4. The summed E-state index contributed by atoms with van der Waals surface area (Å²) < 4.78 is 0. The third-order valence-electron chi connectivity index (χ3n) is 4.91. The van der Waals surface area contributed by atoms with Crippen LogP contribution >= 0.6 is 23.4 Å². The largest absolute Gasteiger partial charge is 0.378 e. The van der Waals surface area contributed by atoms with E-state index in [1.807, 2.05) is 86.3 Å². The summed E-state index contributed by atoms with van der Waals surface area (Å²) in [5.74, 6) is 0.675. The van der Waals surface area contributed by atoms with E-state index in [0.29, 0.717) is 11.4 Å². The van der Waals surface area contributed by atoms with Crippen molar-refractivity contribution >= 4 is 52.2 Å². The smallest absolute Gasteiger partial charge is 0.238 e. The van der Waals surface area contributed by atoms with E-state index in [0.717, 1.165) is 16.9 Å². The van der Waals surface area contributed by atoms with Crippen molar-refractivity contribution in [3.05, 3.63) is 54.1 Å². The van der Waals surface area contributed by atoms with Gasteiger partial charge in [-0.15, -0.1) is 23.4 Å². The van der Waals surface area contributed by atoms with E-state index >= 15 is 0 Å². The first kappa shape index (κ1) is 21.5. The van der Waals surface area contributed by atoms with Gasteiger partial charge in [-0.05, 0) is 55.8 Å². The Morgan fingerprint density at radius 1 is 1.17 bits per heavy atom. The Labute approximate surface area is 181 Å². The second-order valence-corrected chi connectivity index (χ2v) is 9.27. The van der Waals surface area contributed by atoms with Crippen molar-refractivity contribution < 1.29 is 9.59 Å². The summed E-state index contributed by atoms with van der Waals surface area (Å²) in [6, 6.07) is 15.6. The van der Waals surface area contributed by atoms with Gasteiger partial charge in [-0.1, -0.05) is 12.1 Å². The van der Waals surface area contributed by atoms with E-state index in [1.54, 1.807) is 11.8 Å². The van der Waals surface area contributed by atoms with Crippen LogP contribution < -0.4 is 15.1 Å². The van der Waals surface area contributed by atoms with Crippen LogP contribution in [0.5, 0.6) is 0 Å². The lowest BCUT2D eigenvalue weighted by molar-refractivity contribution is -0.123. The molecule has 0 saturated carbocycles. The van der Waals surface area contributed by atoms with E-state index in [4.69, 9.17) is 11.6 Å². The number of hydrogen-bond donors (Lipinski definition) is 1. The molecule has 5 nitrogen and oxygen atoms in total. The SMILES string of the molecule is CN(C)c1ccc(N2C(=O)CSC2c2ccc(NC(=O)C(C)(C)CCl)cc2)cc1. The van der Waals surface area contributed by atoms with Gasteiger partial charge in [0.1, 0.15) is 5.37 Å². The minimum Gasteiger partial charge on any atom is -0.378 e. The fourth-order valence-electron chi connectivity index (χ4n) is 2.95. The Kier molecular flexibility index (Phi) is 6.44. The highest BCUT2D eigenvalue weighted by Gasteiger charge is 2.34. The second-order valence-electron chi connectivity index (χ2n) is 7.93. The maximum atomic E-state index is 12.6. The number of carbonyl (C=O) groups is 2. The molecule has 1 heterocycles. The Balaban J connectivity index is 1.78. The third-order valence-corrected chi connectivity index (χ3v) is 6.80. The molecule has 1 aliphatic rings. The highest BCUT2D eigenvalue weighted by atomic mass is 35.5. The van der Waals surface area contributed by atoms with Crippen molar-refractivity contribution in [3.63, 3.8) is 0 Å². The summed E-state index contributed by atoms with van der Waals surface area (Å²) in [5, 5.41) is 2.82. The molecule has 0 bridgehead atoms. The van der Waals surface area contributed by atoms with Crippen LogP contribution in [0.4, 0.5) is 17.1 Å². The zero-order chi connectivity index (χ0) is 21.2. The molecular formula is C22H26ClN3O2S. The summed E-state index contributed by atoms with van der Waals surface area (Å²) in [7, 11) is 3.98. The molecule has 2 aromatic rings. The number of nitrogens with one attached hydrogen (secondary N) is 1. The van der Waals surface area contributed by atoms with Gasteiger partial charge in [-0.2, -0.15) is 0 Å². The van der Waals surface area contributed by atoms with Crippen LogP contribution in [-0.4, -0.2) is 37.5 Å². The van der Waals surface area contributed by atoms with Crippen LogP contribution in [0.25, 0.3) is 0 Å². The first-order chi connectivity index (χ1) is 13.7. The van der Waals surface area contributed by atoms with Gasteiger partial charge >= 0.3 is 0 Å². The van der Waals surface area contributed by atoms with E-state index in [1.165, 1.54) is 0 Å². The Morgan fingerprint density at radius 2 is 1.79 bits per heavy atom. The predicted octanol–water partition coefficient (Wildman–Crippen LogP) is 4.73. The van der Waals surface area contributed by atoms with E-state index in [2.05, 4.69) is 5.32 Å². The van der Waals surface area contributed by atoms with Crippen molar-refractivity contribution in [1.82, 2.24) is 0 Å². The van der Waals surface area contributed by atoms with Gasteiger partial charge in [0.2, 0.25) is 11.8 Å². The number of benzene rings is 2. The van der Waals surface area contributed by atoms with E-state index in [9.17, 15) is 9.59 Å². The number of nitrogens with zero attached hydrogens (tertiary/aromatic N) is 2. The number of thioether (sulfide) groups is 1. The lowest BCUT2D eigenvalue weighted by atomic mass is 9.95. The van der Waals surface area contributed by atoms with Gasteiger partial charge in [0, 0.05) is 37.0 Å². The summed E-state index contributed by atoms with van der Waals surface area (Å²) in [5.41, 5.74) is 3.07. The third kappa shape index (κ3) is 4.70. The fourth-order valence-corrected chi connectivity index (χ4v) is 4.25. The molecule has 1 aliphatic heterocycles. The van der Waals surface area contributed by atoms with Gasteiger partial charge in [0.15, 0.2) is 0 Å². The summed E-state index contributed by atoms with van der Waals surface area (Å²) in [6.07, 6.45) is 0. The fraction of sp³-hybridized carbons (Fsp3) is 0.364. The quantitative estimate of drug-likeness (QED) is 0.671. The topological polar surface area (TPSA) is 52.6 Å². The Hall–Kier alpha value is -2.18. The monoisotopic (exact) mass is 431 g/mol. The molecule has 1 unspecified atom stereocenters. The molecule has 2 aromatic carbocycles. The second kappa shape index (κ2) is 8.67. The lowest BCUT2D eigenvalue weighted by Crippen LogP contribution is -2.32. The minimum atomic E-state index is -0.635. The summed E-state index contributed by atoms with van der Waals surface area (Å²) in [6.45, 7) is 3.62. The van der Waals surface area contributed by atoms with Crippen LogP contribution in [0, 0.1) is 5.41 Å². The van der Waals surface area contributed by atoms with Gasteiger partial charge in [-0.3, -0.25) is 14.5 Å². The summed E-state index contributed by atoms with van der Waals surface area (Å²) in [4.78, 5) is 28.7. The summed E-state index contributed by atoms with van der Waals surface area (Å²) >= 11 is 7.48. The molecule has 2 amide bonds. The van der Waals surface area contributed by atoms with Gasteiger partial charge in [0.05, 0.1) is 11.2 Å². The number of alkyl halides is 1. The molecule has 0 aliphatic carbocycles. The number of carbonyl (C=O) groups excluding carboxylic acids is 2. The Morgan fingerprint density at radius 3 is 2.34 bits per heavy atom. The molecule has 1 saturated heterocycles. The average molecular weight is 432 g/mol. The average Bonchev–Trinajstić information content (AvgIpc) is 3.10. The molecule has 7 heteroatoms. The maximum absolute atomic E-state index is 12.6. The molecular weight excluding hydrogens is 406 g/mol. The van der Waals surface area contributed by atoms with Crippen LogP contribution in [0.15, 0.2) is 48.5 Å². The highest BCUT2D eigenvalue weighted by molar-refractivity contribution is 8.00. The standard InChI is InChI=1S/C22H26ClN3O2S/c1-22(2,14-23)21(28)24-16-7-5-15(6-8-16)20-26(19(27)13-29-20)18-11-9-17(10-12-18)25(3)4/h5-12,20H,13-14H2,1-4H3,(H,24,28). The lowest BCUT2D eigenvalue weighted by Gasteiger charge is -2.25. The van der Waals surface area contributed by atoms with Crippen molar-refractivity contribution in [1.29, 1.82) is 0 Å². The predicted molar refractivity (Wildman–Crippen MR) is 123 cm³/mol. The molecule has 3 rings (SSSR count). The molecule has 1 fully saturated rings. The molecule has 154 valence electrons. The van der Waals surface area contributed by atoms with Gasteiger partial charge in [-0.25, -0.2) is 0 Å². The Bertz CT molecular complexity index is 882. The first-order valence-corrected chi connectivity index (χ1v) is 11.0. The molecule has 1 N–H and O–H groups in total. The highest BCUT2D eigenvalue weighted by Crippen LogP contribution is 2.42. The molecule has 0 spiro atoms. The zero-order valence-electron chi connectivity index (χ0n) is 17.1. The van der Waals surface area contributed by atoms with Crippen molar-refractivity contribution in [3.8, 4) is 0 Å². The van der Waals surface area contributed by atoms with Crippen LogP contribution in [0.2, 0.25) is 0 Å². The van der Waals surface area contributed by atoms with Crippen LogP contribution in [0.3, 0.4) is 0 Å². The van der Waals surface area contributed by atoms with Crippen LogP contribution in [0.1, 0.15) is 24.8 Å². The molecule has 0 radical (unpaired) electrons. The normalized spacial score (nSPS) is 16.8. The van der Waals surface area contributed by atoms with Crippen molar-refractivity contribution in [2.24, 2.45) is 5.41 Å². The number of halogens is 1. The van der Waals surface area contributed by atoms with E-state index < -0.39 is 5.41 Å². The molecule has 0 aromatic heterocycles. The first-order valence-electron chi connectivity index (χ1n) is 9.41. The number of rotatable bonds is 6. The van der Waals surface area contributed by atoms with Crippen molar-refractivity contribution in [2.45, 2.75) is 19.2 Å². The van der Waals surface area contributed by atoms with Gasteiger partial charge in [0.25, 0.3) is 0 Å². The van der Waals surface area contributed by atoms with Crippen molar-refractivity contribution in [2.75, 3.05) is 40.8 Å². The minimum absolute atomic E-state index is 0.0864. The number of anilines is 3. The maximum Gasteiger partial charge on any atom is 0.238 e. The zero-order valence-corrected chi connectivity index (χ0v) is 18.7. The molecule has 29 heavy (non-hydrogen) atoms. The molecule has 1 atom stereocenters.